The van der Waals surface area contributed by atoms with E-state index in [0.29, 0.717) is 5.15 Å². The molecule has 0 bridgehead atoms. The predicted octanol–water partition coefficient (Wildman–Crippen LogP) is 3.34. The number of hydrogen-bond acceptors (Lipinski definition) is 3. The number of aryl methyl sites for hydroxylation is 1. The van der Waals surface area contributed by atoms with Crippen LogP contribution >= 0.6 is 22.9 Å². The minimum absolute atomic E-state index is 0.235. The number of aliphatic hydroxyl groups excluding tert-OH is 1. The molecule has 2 heterocycles. The topological polar surface area (TPSA) is 38.0 Å². The Morgan fingerprint density at radius 1 is 1.47 bits per heavy atom. The summed E-state index contributed by atoms with van der Waals surface area (Å²) in [5.41, 5.74) is 1.59. The van der Waals surface area contributed by atoms with Gasteiger partial charge in [0.2, 0.25) is 0 Å². The molecule has 0 radical (unpaired) electrons. The van der Waals surface area contributed by atoms with Crippen LogP contribution in [0.5, 0.6) is 0 Å². The molecule has 0 spiro atoms. The van der Waals surface area contributed by atoms with Crippen LogP contribution in [0.1, 0.15) is 42.0 Å². The highest BCUT2D eigenvalue weighted by Crippen LogP contribution is 2.35. The molecule has 3 nitrogen and oxygen atoms in total. The third-order valence-corrected chi connectivity index (χ3v) is 4.05. The first-order valence-electron chi connectivity index (χ1n) is 5.46. The molecule has 0 saturated heterocycles. The third kappa shape index (κ3) is 2.25. The molecule has 2 aromatic rings. The van der Waals surface area contributed by atoms with Crippen LogP contribution in [0.25, 0.3) is 0 Å². The van der Waals surface area contributed by atoms with Gasteiger partial charge in [0, 0.05) is 17.5 Å². The molecule has 92 valence electrons. The smallest absolute Gasteiger partial charge is 0.133 e. The van der Waals surface area contributed by atoms with Gasteiger partial charge < -0.3 is 5.11 Å². The molecule has 2 rings (SSSR count). The highest BCUT2D eigenvalue weighted by Gasteiger charge is 2.25. The molecule has 1 atom stereocenters. The molecule has 0 aliphatic carbocycles. The van der Waals surface area contributed by atoms with E-state index in [0.717, 1.165) is 16.1 Å². The van der Waals surface area contributed by atoms with E-state index in [2.05, 4.69) is 5.10 Å². The highest BCUT2D eigenvalue weighted by molar-refractivity contribution is 7.10. The number of aliphatic hydroxyl groups is 1. The van der Waals surface area contributed by atoms with Crippen LogP contribution in [-0.2, 0) is 7.05 Å². The average molecular weight is 271 g/mol. The van der Waals surface area contributed by atoms with E-state index < -0.39 is 6.10 Å². The molecule has 0 fully saturated rings. The minimum Gasteiger partial charge on any atom is -0.383 e. The lowest BCUT2D eigenvalue weighted by molar-refractivity contribution is 0.222. The second-order valence-corrected chi connectivity index (χ2v) is 5.62. The maximum Gasteiger partial charge on any atom is 0.133 e. The van der Waals surface area contributed by atoms with Crippen LogP contribution in [0, 0.1) is 0 Å². The zero-order valence-corrected chi connectivity index (χ0v) is 11.6. The van der Waals surface area contributed by atoms with E-state index in [-0.39, 0.29) is 5.92 Å². The molecule has 0 aliphatic heterocycles. The summed E-state index contributed by atoms with van der Waals surface area (Å²) in [5.74, 6) is 0.235. The predicted molar refractivity (Wildman–Crippen MR) is 70.7 cm³/mol. The third-order valence-electron chi connectivity index (χ3n) is 2.67. The molecule has 2 aromatic heterocycles. The summed E-state index contributed by atoms with van der Waals surface area (Å²) in [6.07, 6.45) is -0.686. The molecule has 0 aliphatic rings. The fourth-order valence-corrected chi connectivity index (χ4v) is 2.76. The summed E-state index contributed by atoms with van der Waals surface area (Å²) in [6.45, 7) is 4.09. The van der Waals surface area contributed by atoms with Gasteiger partial charge in [-0.3, -0.25) is 4.68 Å². The normalized spacial score (nSPS) is 13.3. The van der Waals surface area contributed by atoms with Crippen LogP contribution < -0.4 is 0 Å². The standard InChI is InChI=1S/C12H15ClN2OS/c1-7(2)10-9(12(13)15(3)14-10)11(16)8-5-4-6-17-8/h4-7,11,16H,1-3H3. The second-order valence-electron chi connectivity index (χ2n) is 4.29. The maximum atomic E-state index is 10.4. The van der Waals surface area contributed by atoms with Gasteiger partial charge in [-0.05, 0) is 17.4 Å². The van der Waals surface area contributed by atoms with Crippen molar-refractivity contribution in [3.05, 3.63) is 38.8 Å². The second kappa shape index (κ2) is 4.80. The van der Waals surface area contributed by atoms with Gasteiger partial charge >= 0.3 is 0 Å². The number of aromatic nitrogens is 2. The summed E-state index contributed by atoms with van der Waals surface area (Å²) >= 11 is 7.73. The molecular weight excluding hydrogens is 256 g/mol. The van der Waals surface area contributed by atoms with Crippen LogP contribution in [0.3, 0.4) is 0 Å². The lowest BCUT2D eigenvalue weighted by atomic mass is 10.0. The fourth-order valence-electron chi connectivity index (χ4n) is 1.81. The van der Waals surface area contributed by atoms with Crippen LogP contribution in [0.4, 0.5) is 0 Å². The van der Waals surface area contributed by atoms with Crippen molar-refractivity contribution in [2.45, 2.75) is 25.9 Å². The van der Waals surface area contributed by atoms with Crippen LogP contribution in [0.2, 0.25) is 5.15 Å². The molecule has 0 amide bonds. The van der Waals surface area contributed by atoms with Crippen molar-refractivity contribution < 1.29 is 5.11 Å². The van der Waals surface area contributed by atoms with E-state index in [1.807, 2.05) is 31.4 Å². The van der Waals surface area contributed by atoms with Crippen molar-refractivity contribution in [2.75, 3.05) is 0 Å². The Kier molecular flexibility index (Phi) is 3.56. The first-order valence-corrected chi connectivity index (χ1v) is 6.72. The monoisotopic (exact) mass is 270 g/mol. The van der Waals surface area contributed by atoms with Crippen molar-refractivity contribution in [1.82, 2.24) is 9.78 Å². The Morgan fingerprint density at radius 3 is 2.71 bits per heavy atom. The van der Waals surface area contributed by atoms with E-state index in [9.17, 15) is 5.11 Å². The fraction of sp³-hybridized carbons (Fsp3) is 0.417. The lowest BCUT2D eigenvalue weighted by Gasteiger charge is -2.11. The Morgan fingerprint density at radius 2 is 2.18 bits per heavy atom. The lowest BCUT2D eigenvalue weighted by Crippen LogP contribution is -2.02. The summed E-state index contributed by atoms with van der Waals surface area (Å²) < 4.78 is 1.61. The highest BCUT2D eigenvalue weighted by atomic mass is 35.5. The summed E-state index contributed by atoms with van der Waals surface area (Å²) in [7, 11) is 1.79. The Bertz CT molecular complexity index is 505. The van der Waals surface area contributed by atoms with Crippen LogP contribution in [0.15, 0.2) is 17.5 Å². The number of thiophene rings is 1. The Balaban J connectivity index is 2.50. The molecule has 1 N–H and O–H groups in total. The van der Waals surface area contributed by atoms with Gasteiger partial charge in [0.15, 0.2) is 0 Å². The molecule has 0 aromatic carbocycles. The first kappa shape index (κ1) is 12.6. The zero-order chi connectivity index (χ0) is 12.6. The zero-order valence-electron chi connectivity index (χ0n) is 10.0. The van der Waals surface area contributed by atoms with Gasteiger partial charge in [0.1, 0.15) is 11.3 Å². The average Bonchev–Trinajstić information content (AvgIpc) is 2.88. The quantitative estimate of drug-likeness (QED) is 0.929. The van der Waals surface area contributed by atoms with E-state index in [4.69, 9.17) is 11.6 Å². The van der Waals surface area contributed by atoms with Crippen LogP contribution in [-0.4, -0.2) is 14.9 Å². The van der Waals surface area contributed by atoms with Crippen molar-refractivity contribution >= 4 is 22.9 Å². The Hall–Kier alpha value is -0.840. The maximum absolute atomic E-state index is 10.4. The number of hydrogen-bond donors (Lipinski definition) is 1. The van der Waals surface area contributed by atoms with Gasteiger partial charge in [-0.25, -0.2) is 0 Å². The number of halogens is 1. The molecule has 1 unspecified atom stereocenters. The number of rotatable bonds is 3. The summed E-state index contributed by atoms with van der Waals surface area (Å²) in [4.78, 5) is 0.891. The molecular formula is C12H15ClN2OS. The van der Waals surface area contributed by atoms with Gasteiger partial charge in [0.25, 0.3) is 0 Å². The van der Waals surface area contributed by atoms with E-state index in [1.54, 1.807) is 11.7 Å². The van der Waals surface area contributed by atoms with E-state index >= 15 is 0 Å². The number of nitrogens with zero attached hydrogens (tertiary/aromatic N) is 2. The van der Waals surface area contributed by atoms with Crippen molar-refractivity contribution in [3.63, 3.8) is 0 Å². The van der Waals surface area contributed by atoms with Gasteiger partial charge in [0.05, 0.1) is 5.69 Å². The van der Waals surface area contributed by atoms with Crippen molar-refractivity contribution in [1.29, 1.82) is 0 Å². The molecule has 17 heavy (non-hydrogen) atoms. The van der Waals surface area contributed by atoms with Crippen molar-refractivity contribution in [2.24, 2.45) is 7.05 Å². The minimum atomic E-state index is -0.686. The Labute approximate surface area is 110 Å². The van der Waals surface area contributed by atoms with E-state index in [1.165, 1.54) is 11.3 Å². The van der Waals surface area contributed by atoms with Gasteiger partial charge in [-0.1, -0.05) is 31.5 Å². The SMILES string of the molecule is CC(C)c1nn(C)c(Cl)c1C(O)c1cccs1. The first-order chi connectivity index (χ1) is 8.02. The van der Waals surface area contributed by atoms with Crippen molar-refractivity contribution in [3.8, 4) is 0 Å². The summed E-state index contributed by atoms with van der Waals surface area (Å²) in [5, 5.41) is 17.2. The van der Waals surface area contributed by atoms with Gasteiger partial charge in [-0.15, -0.1) is 11.3 Å². The summed E-state index contributed by atoms with van der Waals surface area (Å²) in [6, 6.07) is 3.82. The van der Waals surface area contributed by atoms with Gasteiger partial charge in [-0.2, -0.15) is 5.10 Å². The molecule has 0 saturated carbocycles. The molecule has 5 heteroatoms. The largest absolute Gasteiger partial charge is 0.383 e.